The van der Waals surface area contributed by atoms with E-state index in [0.717, 1.165) is 24.1 Å². The lowest BCUT2D eigenvalue weighted by Gasteiger charge is -2.35. The zero-order valence-electron chi connectivity index (χ0n) is 12.4. The third-order valence-electron chi connectivity index (χ3n) is 4.62. The average molecular weight is 297 g/mol. The van der Waals surface area contributed by atoms with E-state index < -0.39 is 0 Å². The molecule has 1 saturated heterocycles. The standard InChI is InChI=1S/C17H19N3O2/c21-17(14-5-4-12-2-1-3-13(12)10-14)20-8-9-22-11-16(20)15-6-7-18-19-15/h4-7,10,16H,1-3,8-9,11H2,(H,18,19)/t16-/m1/s1. The summed E-state index contributed by atoms with van der Waals surface area (Å²) in [6.07, 6.45) is 5.13. The number of ether oxygens (including phenoxy) is 1. The van der Waals surface area contributed by atoms with Crippen molar-refractivity contribution >= 4 is 5.91 Å². The van der Waals surface area contributed by atoms with Crippen LogP contribution in [0.4, 0.5) is 0 Å². The van der Waals surface area contributed by atoms with Crippen molar-refractivity contribution in [3.63, 3.8) is 0 Å². The van der Waals surface area contributed by atoms with Gasteiger partial charge in [0, 0.05) is 18.3 Å². The van der Waals surface area contributed by atoms with Crippen LogP contribution in [0.3, 0.4) is 0 Å². The number of aromatic amines is 1. The predicted molar refractivity (Wildman–Crippen MR) is 81.7 cm³/mol. The maximum Gasteiger partial charge on any atom is 0.254 e. The molecule has 0 spiro atoms. The second kappa shape index (κ2) is 5.57. The summed E-state index contributed by atoms with van der Waals surface area (Å²) in [5, 5.41) is 6.95. The molecule has 22 heavy (non-hydrogen) atoms. The Morgan fingerprint density at radius 2 is 2.18 bits per heavy atom. The number of benzene rings is 1. The second-order valence-corrected chi connectivity index (χ2v) is 5.94. The number of nitrogens with zero attached hydrogens (tertiary/aromatic N) is 2. The lowest BCUT2D eigenvalue weighted by molar-refractivity contribution is -0.00391. The van der Waals surface area contributed by atoms with Crippen LogP contribution in [0.5, 0.6) is 0 Å². The van der Waals surface area contributed by atoms with Gasteiger partial charge in [-0.15, -0.1) is 0 Å². The van der Waals surface area contributed by atoms with Gasteiger partial charge in [-0.05, 0) is 48.6 Å². The minimum absolute atomic E-state index is 0.0811. The van der Waals surface area contributed by atoms with Gasteiger partial charge in [0.1, 0.15) is 0 Å². The van der Waals surface area contributed by atoms with Gasteiger partial charge in [0.15, 0.2) is 0 Å². The molecule has 1 aliphatic carbocycles. The summed E-state index contributed by atoms with van der Waals surface area (Å²) in [5.41, 5.74) is 4.43. The highest BCUT2D eigenvalue weighted by molar-refractivity contribution is 5.95. The number of H-pyrrole nitrogens is 1. The van der Waals surface area contributed by atoms with Crippen LogP contribution in [0.1, 0.15) is 39.6 Å². The van der Waals surface area contributed by atoms with Gasteiger partial charge >= 0.3 is 0 Å². The maximum absolute atomic E-state index is 12.9. The van der Waals surface area contributed by atoms with E-state index >= 15 is 0 Å². The van der Waals surface area contributed by atoms with E-state index in [1.54, 1.807) is 6.20 Å². The summed E-state index contributed by atoms with van der Waals surface area (Å²) in [6.45, 7) is 1.71. The molecule has 2 heterocycles. The zero-order chi connectivity index (χ0) is 14.9. The quantitative estimate of drug-likeness (QED) is 0.923. The molecule has 1 N–H and O–H groups in total. The highest BCUT2D eigenvalue weighted by Gasteiger charge is 2.30. The molecular weight excluding hydrogens is 278 g/mol. The van der Waals surface area contributed by atoms with Crippen LogP contribution >= 0.6 is 0 Å². The Hall–Kier alpha value is -2.14. The molecule has 0 saturated carbocycles. The summed E-state index contributed by atoms with van der Waals surface area (Å²) in [6, 6.07) is 7.97. The topological polar surface area (TPSA) is 58.2 Å². The molecule has 1 atom stereocenters. The predicted octanol–water partition coefficient (Wildman–Crippen LogP) is 2.11. The minimum Gasteiger partial charge on any atom is -0.377 e. The largest absolute Gasteiger partial charge is 0.377 e. The normalized spacial score (nSPS) is 20.9. The monoisotopic (exact) mass is 297 g/mol. The molecule has 2 aliphatic rings. The number of aryl methyl sites for hydroxylation is 2. The fourth-order valence-corrected chi connectivity index (χ4v) is 3.43. The van der Waals surface area contributed by atoms with Gasteiger partial charge in [0.05, 0.1) is 24.9 Å². The van der Waals surface area contributed by atoms with Gasteiger partial charge in [0.25, 0.3) is 5.91 Å². The van der Waals surface area contributed by atoms with Crippen molar-refractivity contribution in [1.29, 1.82) is 0 Å². The molecule has 4 rings (SSSR count). The lowest BCUT2D eigenvalue weighted by atomic mass is 10.0. The third-order valence-corrected chi connectivity index (χ3v) is 4.62. The van der Waals surface area contributed by atoms with Crippen molar-refractivity contribution in [1.82, 2.24) is 15.1 Å². The highest BCUT2D eigenvalue weighted by atomic mass is 16.5. The van der Waals surface area contributed by atoms with Gasteiger partial charge < -0.3 is 9.64 Å². The number of hydrogen-bond donors (Lipinski definition) is 1. The van der Waals surface area contributed by atoms with E-state index in [4.69, 9.17) is 4.74 Å². The minimum atomic E-state index is -0.0861. The van der Waals surface area contributed by atoms with Crippen LogP contribution in [0.25, 0.3) is 0 Å². The molecule has 1 fully saturated rings. The summed E-state index contributed by atoms with van der Waals surface area (Å²) >= 11 is 0. The van der Waals surface area contributed by atoms with Crippen molar-refractivity contribution in [3.05, 3.63) is 52.8 Å². The zero-order valence-corrected chi connectivity index (χ0v) is 12.4. The number of rotatable bonds is 2. The number of carbonyl (C=O) groups excluding carboxylic acids is 1. The Bertz CT molecular complexity index is 681. The van der Waals surface area contributed by atoms with Crippen LogP contribution < -0.4 is 0 Å². The molecule has 0 radical (unpaired) electrons. The lowest BCUT2D eigenvalue weighted by Crippen LogP contribution is -2.43. The highest BCUT2D eigenvalue weighted by Crippen LogP contribution is 2.27. The van der Waals surface area contributed by atoms with Gasteiger partial charge in [-0.1, -0.05) is 6.07 Å². The van der Waals surface area contributed by atoms with Crippen molar-refractivity contribution in [2.45, 2.75) is 25.3 Å². The average Bonchev–Trinajstić information content (AvgIpc) is 3.24. The van der Waals surface area contributed by atoms with Gasteiger partial charge in [0.2, 0.25) is 0 Å². The molecule has 1 aromatic heterocycles. The fourth-order valence-electron chi connectivity index (χ4n) is 3.43. The molecule has 0 bridgehead atoms. The summed E-state index contributed by atoms with van der Waals surface area (Å²) in [5.74, 6) is 0.0811. The Balaban J connectivity index is 1.62. The molecule has 0 unspecified atom stereocenters. The molecule has 1 aromatic carbocycles. The van der Waals surface area contributed by atoms with Crippen LogP contribution in [0, 0.1) is 0 Å². The number of hydrogen-bond acceptors (Lipinski definition) is 3. The van der Waals surface area contributed by atoms with E-state index in [-0.39, 0.29) is 11.9 Å². The Morgan fingerprint density at radius 1 is 1.27 bits per heavy atom. The first-order valence-corrected chi connectivity index (χ1v) is 7.83. The van der Waals surface area contributed by atoms with Crippen LogP contribution in [0.15, 0.2) is 30.5 Å². The summed E-state index contributed by atoms with van der Waals surface area (Å²) in [4.78, 5) is 14.8. The van der Waals surface area contributed by atoms with Crippen molar-refractivity contribution in [3.8, 4) is 0 Å². The second-order valence-electron chi connectivity index (χ2n) is 5.94. The first-order valence-electron chi connectivity index (χ1n) is 7.83. The van der Waals surface area contributed by atoms with Gasteiger partial charge in [-0.2, -0.15) is 5.10 Å². The molecular formula is C17H19N3O2. The summed E-state index contributed by atoms with van der Waals surface area (Å²) < 4.78 is 5.55. The van der Waals surface area contributed by atoms with Gasteiger partial charge in [-0.3, -0.25) is 9.89 Å². The van der Waals surface area contributed by atoms with Crippen LogP contribution in [-0.4, -0.2) is 40.8 Å². The SMILES string of the molecule is O=C(c1ccc2c(c1)CCC2)N1CCOC[C@@H]1c1ccn[nH]1. The molecule has 2 aromatic rings. The first kappa shape index (κ1) is 13.5. The van der Waals surface area contributed by atoms with Gasteiger partial charge in [-0.25, -0.2) is 0 Å². The Morgan fingerprint density at radius 3 is 3.05 bits per heavy atom. The number of carbonyl (C=O) groups is 1. The third kappa shape index (κ3) is 2.31. The number of aromatic nitrogens is 2. The number of amides is 1. The number of morpholine rings is 1. The van der Waals surface area contributed by atoms with Crippen LogP contribution in [-0.2, 0) is 17.6 Å². The van der Waals surface area contributed by atoms with Crippen molar-refractivity contribution in [2.24, 2.45) is 0 Å². The molecule has 1 amide bonds. The molecule has 1 aliphatic heterocycles. The fraction of sp³-hybridized carbons (Fsp3) is 0.412. The Kier molecular flexibility index (Phi) is 3.42. The van der Waals surface area contributed by atoms with Crippen molar-refractivity contribution < 1.29 is 9.53 Å². The maximum atomic E-state index is 12.9. The molecule has 5 heteroatoms. The molecule has 5 nitrogen and oxygen atoms in total. The van der Waals surface area contributed by atoms with E-state index in [1.165, 1.54) is 17.5 Å². The Labute approximate surface area is 129 Å². The van der Waals surface area contributed by atoms with E-state index in [1.807, 2.05) is 17.0 Å². The smallest absolute Gasteiger partial charge is 0.254 e. The molecule has 114 valence electrons. The van der Waals surface area contributed by atoms with E-state index in [0.29, 0.717) is 19.8 Å². The number of nitrogens with one attached hydrogen (secondary N) is 1. The summed E-state index contributed by atoms with van der Waals surface area (Å²) in [7, 11) is 0. The van der Waals surface area contributed by atoms with E-state index in [2.05, 4.69) is 22.3 Å². The first-order chi connectivity index (χ1) is 10.8. The van der Waals surface area contributed by atoms with Crippen molar-refractivity contribution in [2.75, 3.05) is 19.8 Å². The van der Waals surface area contributed by atoms with E-state index in [9.17, 15) is 4.79 Å². The number of fused-ring (bicyclic) bond motifs is 1. The van der Waals surface area contributed by atoms with Crippen LogP contribution in [0.2, 0.25) is 0 Å².